The molecule has 0 aromatic rings. The van der Waals surface area contributed by atoms with Crippen LogP contribution < -0.4 is 0 Å². The van der Waals surface area contributed by atoms with E-state index >= 15 is 0 Å². The molecular weight excluding hydrogens is 134 g/mol. The van der Waals surface area contributed by atoms with E-state index < -0.39 is 0 Å². The molecule has 0 amide bonds. The first-order valence-electron chi connectivity index (χ1n) is 2.93. The smallest absolute Gasteiger partial charge is 0.224 e. The number of hydrogen-bond acceptors (Lipinski definition) is 3. The fourth-order valence-electron chi connectivity index (χ4n) is 0.494. The first-order valence-corrected chi connectivity index (χ1v) is 2.93. The summed E-state index contributed by atoms with van der Waals surface area (Å²) in [6.07, 6.45) is 1.70. The van der Waals surface area contributed by atoms with E-state index in [0.29, 0.717) is 6.61 Å². The third-order valence-electron chi connectivity index (χ3n) is 0.977. The SMILES string of the molecule is COCC=C(C)C[N+](=O)[O-]. The van der Waals surface area contributed by atoms with Crippen molar-refractivity contribution in [3.63, 3.8) is 0 Å². The Labute approximate surface area is 59.6 Å². The van der Waals surface area contributed by atoms with Crippen LogP contribution in [0.4, 0.5) is 0 Å². The van der Waals surface area contributed by atoms with E-state index in [2.05, 4.69) is 0 Å². The maximum absolute atomic E-state index is 9.90. The summed E-state index contributed by atoms with van der Waals surface area (Å²) in [5.74, 6) is 0. The van der Waals surface area contributed by atoms with Crippen LogP contribution in [0.1, 0.15) is 6.92 Å². The van der Waals surface area contributed by atoms with Gasteiger partial charge in [-0.25, -0.2) is 0 Å². The van der Waals surface area contributed by atoms with Crippen molar-refractivity contribution in [3.8, 4) is 0 Å². The summed E-state index contributed by atoms with van der Waals surface area (Å²) in [5, 5.41) is 9.90. The fraction of sp³-hybridized carbons (Fsp3) is 0.667. The molecule has 0 fully saturated rings. The van der Waals surface area contributed by atoms with Gasteiger partial charge in [0, 0.05) is 12.0 Å². The predicted octanol–water partition coefficient (Wildman–Crippen LogP) is 0.856. The lowest BCUT2D eigenvalue weighted by molar-refractivity contribution is -0.470. The van der Waals surface area contributed by atoms with E-state index in [-0.39, 0.29) is 11.5 Å². The zero-order chi connectivity index (χ0) is 7.98. The molecule has 0 saturated heterocycles. The molecule has 4 heteroatoms. The minimum absolute atomic E-state index is 0.0939. The van der Waals surface area contributed by atoms with Gasteiger partial charge in [0.05, 0.1) is 6.61 Å². The van der Waals surface area contributed by atoms with Crippen molar-refractivity contribution >= 4 is 0 Å². The molecule has 0 aromatic heterocycles. The monoisotopic (exact) mass is 145 g/mol. The van der Waals surface area contributed by atoms with Crippen LogP contribution in [0.25, 0.3) is 0 Å². The normalized spacial score (nSPS) is 11.6. The molecule has 0 bridgehead atoms. The van der Waals surface area contributed by atoms with Crippen molar-refractivity contribution in [1.82, 2.24) is 0 Å². The molecule has 0 saturated carbocycles. The van der Waals surface area contributed by atoms with Gasteiger partial charge >= 0.3 is 0 Å². The van der Waals surface area contributed by atoms with Crippen molar-refractivity contribution in [2.24, 2.45) is 0 Å². The Balaban J connectivity index is 3.59. The van der Waals surface area contributed by atoms with E-state index in [4.69, 9.17) is 4.74 Å². The third-order valence-corrected chi connectivity index (χ3v) is 0.977. The van der Waals surface area contributed by atoms with Crippen LogP contribution in [0.3, 0.4) is 0 Å². The predicted molar refractivity (Wildman–Crippen MR) is 37.5 cm³/mol. The molecule has 0 spiro atoms. The van der Waals surface area contributed by atoms with Crippen LogP contribution in [0.2, 0.25) is 0 Å². The summed E-state index contributed by atoms with van der Waals surface area (Å²) >= 11 is 0. The molecule has 0 atom stereocenters. The second-order valence-corrected chi connectivity index (χ2v) is 2.00. The lowest BCUT2D eigenvalue weighted by Crippen LogP contribution is -2.02. The van der Waals surface area contributed by atoms with Gasteiger partial charge < -0.3 is 4.74 Å². The van der Waals surface area contributed by atoms with Gasteiger partial charge in [-0.15, -0.1) is 0 Å². The van der Waals surface area contributed by atoms with Gasteiger partial charge in [-0.2, -0.15) is 0 Å². The number of hydrogen-bond donors (Lipinski definition) is 0. The molecule has 0 N–H and O–H groups in total. The summed E-state index contributed by atoms with van der Waals surface area (Å²) < 4.78 is 4.70. The number of methoxy groups -OCH3 is 1. The summed E-state index contributed by atoms with van der Waals surface area (Å²) in [4.78, 5) is 9.54. The molecular formula is C6H11NO3. The lowest BCUT2D eigenvalue weighted by atomic mass is 10.3. The summed E-state index contributed by atoms with van der Waals surface area (Å²) in [6, 6.07) is 0. The third kappa shape index (κ3) is 5.24. The standard InChI is InChI=1S/C6H11NO3/c1-6(3-4-10-2)5-7(8)9/h3H,4-5H2,1-2H3. The van der Waals surface area contributed by atoms with Gasteiger partial charge in [0.2, 0.25) is 6.54 Å². The molecule has 0 radical (unpaired) electrons. The number of nitrogens with zero attached hydrogens (tertiary/aromatic N) is 1. The molecule has 0 aromatic carbocycles. The second-order valence-electron chi connectivity index (χ2n) is 2.00. The Morgan fingerprint density at radius 2 is 2.40 bits per heavy atom. The zero-order valence-corrected chi connectivity index (χ0v) is 6.16. The van der Waals surface area contributed by atoms with Crippen molar-refractivity contribution in [2.75, 3.05) is 20.3 Å². The topological polar surface area (TPSA) is 52.4 Å². The average Bonchev–Trinajstić information content (AvgIpc) is 1.82. The van der Waals surface area contributed by atoms with Crippen LogP contribution in [0, 0.1) is 10.1 Å². The van der Waals surface area contributed by atoms with Crippen molar-refractivity contribution in [2.45, 2.75) is 6.92 Å². The highest BCUT2D eigenvalue weighted by Gasteiger charge is 1.96. The maximum atomic E-state index is 9.90. The molecule has 0 unspecified atom stereocenters. The molecule has 0 aliphatic carbocycles. The molecule has 0 aliphatic heterocycles. The lowest BCUT2D eigenvalue weighted by Gasteiger charge is -1.93. The fourth-order valence-corrected chi connectivity index (χ4v) is 0.494. The minimum atomic E-state index is -0.360. The summed E-state index contributed by atoms with van der Waals surface area (Å²) in [7, 11) is 1.55. The van der Waals surface area contributed by atoms with E-state index in [1.54, 1.807) is 20.1 Å². The molecule has 0 heterocycles. The van der Waals surface area contributed by atoms with E-state index in [0.717, 1.165) is 5.57 Å². The van der Waals surface area contributed by atoms with Crippen LogP contribution in [-0.2, 0) is 4.74 Å². The van der Waals surface area contributed by atoms with Crippen LogP contribution in [0.5, 0.6) is 0 Å². The number of ether oxygens (including phenoxy) is 1. The second kappa shape index (κ2) is 4.93. The van der Waals surface area contributed by atoms with E-state index in [1.165, 1.54) is 0 Å². The van der Waals surface area contributed by atoms with Gasteiger partial charge in [-0.3, -0.25) is 10.1 Å². The molecule has 10 heavy (non-hydrogen) atoms. The zero-order valence-electron chi connectivity index (χ0n) is 6.16. The van der Waals surface area contributed by atoms with Gasteiger partial charge in [0.25, 0.3) is 0 Å². The maximum Gasteiger partial charge on any atom is 0.224 e. The van der Waals surface area contributed by atoms with E-state index in [1.807, 2.05) is 0 Å². The Bertz CT molecular complexity index is 142. The first-order chi connectivity index (χ1) is 4.66. The van der Waals surface area contributed by atoms with Crippen LogP contribution in [-0.4, -0.2) is 25.2 Å². The quantitative estimate of drug-likeness (QED) is 0.335. The van der Waals surface area contributed by atoms with Crippen molar-refractivity contribution in [1.29, 1.82) is 0 Å². The largest absolute Gasteiger partial charge is 0.381 e. The van der Waals surface area contributed by atoms with Gasteiger partial charge in [-0.1, -0.05) is 6.08 Å². The number of nitro groups is 1. The molecule has 58 valence electrons. The van der Waals surface area contributed by atoms with Crippen LogP contribution >= 0.6 is 0 Å². The Morgan fingerprint density at radius 1 is 1.80 bits per heavy atom. The Hall–Kier alpha value is -0.900. The first kappa shape index (κ1) is 9.10. The average molecular weight is 145 g/mol. The van der Waals surface area contributed by atoms with Gasteiger partial charge in [0.15, 0.2) is 0 Å². The summed E-state index contributed by atoms with van der Waals surface area (Å²) in [5.41, 5.74) is 0.729. The van der Waals surface area contributed by atoms with Gasteiger partial charge in [-0.05, 0) is 12.5 Å². The van der Waals surface area contributed by atoms with Crippen molar-refractivity contribution < 1.29 is 9.66 Å². The van der Waals surface area contributed by atoms with Crippen molar-refractivity contribution in [3.05, 3.63) is 21.8 Å². The van der Waals surface area contributed by atoms with E-state index in [9.17, 15) is 10.1 Å². The molecule has 4 nitrogen and oxygen atoms in total. The van der Waals surface area contributed by atoms with Crippen LogP contribution in [0.15, 0.2) is 11.6 Å². The minimum Gasteiger partial charge on any atom is -0.381 e. The highest BCUT2D eigenvalue weighted by atomic mass is 16.6. The molecule has 0 aliphatic rings. The Morgan fingerprint density at radius 3 is 2.80 bits per heavy atom. The Kier molecular flexibility index (Phi) is 4.49. The summed E-state index contributed by atoms with van der Waals surface area (Å²) in [6.45, 7) is 2.06. The number of rotatable bonds is 4. The highest BCUT2D eigenvalue weighted by Crippen LogP contribution is 1.91. The van der Waals surface area contributed by atoms with Gasteiger partial charge in [0.1, 0.15) is 0 Å². The highest BCUT2D eigenvalue weighted by molar-refractivity contribution is 4.97. The molecule has 0 rings (SSSR count).